The molecule has 0 aliphatic carbocycles. The summed E-state index contributed by atoms with van der Waals surface area (Å²) in [5.41, 5.74) is 0. The summed E-state index contributed by atoms with van der Waals surface area (Å²) in [6.07, 6.45) is 0. The van der Waals surface area contributed by atoms with E-state index in [2.05, 4.69) is 0 Å². The van der Waals surface area contributed by atoms with Crippen LogP contribution in [0.2, 0.25) is 0 Å². The maximum atomic E-state index is 7.56. The van der Waals surface area contributed by atoms with Gasteiger partial charge >= 0.3 is 0 Å². The molecule has 43 valence electrons. The molecule has 0 aromatic carbocycles. The number of nitrogens with zero attached hydrogens (tertiary/aromatic N) is 2. The largest absolute Gasteiger partial charge is 0.269 e. The summed E-state index contributed by atoms with van der Waals surface area (Å²) < 4.78 is 0. The predicted molar refractivity (Wildman–Crippen MR) is 38.4 cm³/mol. The van der Waals surface area contributed by atoms with Gasteiger partial charge in [-0.3, -0.25) is 4.70 Å². The average Bonchev–Trinajstić information content (AvgIpc) is 1.41. The molecule has 0 amide bonds. The summed E-state index contributed by atoms with van der Waals surface area (Å²) in [7, 11) is 0. The summed E-state index contributed by atoms with van der Waals surface area (Å²) in [5, 5.41) is 18.3. The molecular weight excluding hydrogens is 142 g/mol. The van der Waals surface area contributed by atoms with E-state index in [0.717, 1.165) is 0 Å². The van der Waals surface area contributed by atoms with Crippen molar-refractivity contribution in [3.8, 4) is 10.8 Å². The molecule has 0 heterocycles. The molecular formula is C2H5BFN2SSi. The fourth-order valence-corrected chi connectivity index (χ4v) is 0.0612. The van der Waals surface area contributed by atoms with E-state index < -0.39 is 0 Å². The Morgan fingerprint density at radius 3 is 1.38 bits per heavy atom. The van der Waals surface area contributed by atoms with Gasteiger partial charge in [0.15, 0.2) is 0 Å². The van der Waals surface area contributed by atoms with Crippen molar-refractivity contribution in [2.24, 2.45) is 0 Å². The number of hydrogen-bond donors (Lipinski definition) is 0. The van der Waals surface area contributed by atoms with E-state index in [1.165, 1.54) is 0 Å². The van der Waals surface area contributed by atoms with E-state index >= 15 is 0 Å². The van der Waals surface area contributed by atoms with Gasteiger partial charge in [-0.1, -0.05) is 0 Å². The van der Waals surface area contributed by atoms with Crippen LogP contribution >= 0.6 is 11.8 Å². The van der Waals surface area contributed by atoms with Crippen LogP contribution in [0, 0.1) is 21.3 Å². The van der Waals surface area contributed by atoms with E-state index in [1.807, 2.05) is 0 Å². The van der Waals surface area contributed by atoms with Crippen LogP contribution in [0.15, 0.2) is 0 Å². The fourth-order valence-electron chi connectivity index (χ4n) is 0.0204. The third-order valence-corrected chi connectivity index (χ3v) is 0.274. The minimum absolute atomic E-state index is 0. The molecule has 0 aliphatic rings. The molecule has 8 heavy (non-hydrogen) atoms. The number of hydrogen-bond acceptors (Lipinski definition) is 3. The third-order valence-electron chi connectivity index (χ3n) is 0.0913. The zero-order valence-electron chi connectivity index (χ0n) is 3.29. The van der Waals surface area contributed by atoms with Crippen LogP contribution < -0.4 is 0 Å². The van der Waals surface area contributed by atoms with Crippen LogP contribution in [0.3, 0.4) is 0 Å². The molecule has 0 bridgehead atoms. The maximum Gasteiger partial charge on any atom is 0.149 e. The number of nitriles is 2. The summed E-state index contributed by atoms with van der Waals surface area (Å²) in [6.45, 7) is 0. The Kier molecular flexibility index (Phi) is 100. The highest BCUT2D eigenvalue weighted by Gasteiger charge is 1.62. The normalized spacial score (nSPS) is 2.75. The lowest BCUT2D eigenvalue weighted by molar-refractivity contribution is 1.11. The SMILES string of the molecule is F.N#CSC#N.[B].[SiH4]. The van der Waals surface area contributed by atoms with E-state index in [-0.39, 0.29) is 24.1 Å². The Balaban J connectivity index is -0.0000000267. The monoisotopic (exact) mass is 147 g/mol. The molecule has 0 spiro atoms. The maximum absolute atomic E-state index is 7.56. The highest BCUT2D eigenvalue weighted by molar-refractivity contribution is 8.07. The Morgan fingerprint density at radius 2 is 1.38 bits per heavy atom. The second-order valence-electron chi connectivity index (χ2n) is 0.285. The van der Waals surface area contributed by atoms with Crippen LogP contribution in [0.1, 0.15) is 0 Å². The first-order valence-electron chi connectivity index (χ1n) is 0.855. The van der Waals surface area contributed by atoms with E-state index in [1.54, 1.807) is 10.8 Å². The van der Waals surface area contributed by atoms with Gasteiger partial charge in [0.2, 0.25) is 0 Å². The van der Waals surface area contributed by atoms with Crippen molar-refractivity contribution >= 4 is 31.1 Å². The van der Waals surface area contributed by atoms with Crippen molar-refractivity contribution in [1.82, 2.24) is 0 Å². The molecule has 0 rings (SSSR count). The lowest BCUT2D eigenvalue weighted by Crippen LogP contribution is -1.29. The molecule has 0 N–H and O–H groups in total. The lowest BCUT2D eigenvalue weighted by atomic mass is 10.8. The van der Waals surface area contributed by atoms with Crippen LogP contribution in [0.25, 0.3) is 0 Å². The lowest BCUT2D eigenvalue weighted by Gasteiger charge is -1.44. The summed E-state index contributed by atoms with van der Waals surface area (Å²) in [6, 6.07) is 0. The minimum Gasteiger partial charge on any atom is -0.269 e. The molecule has 0 saturated heterocycles. The summed E-state index contributed by atoms with van der Waals surface area (Å²) in [4.78, 5) is 0. The molecule has 0 saturated carbocycles. The molecule has 0 aliphatic heterocycles. The van der Waals surface area contributed by atoms with Gasteiger partial charge in [0.05, 0.1) is 11.8 Å². The third kappa shape index (κ3) is 48.1. The van der Waals surface area contributed by atoms with Gasteiger partial charge in [0.25, 0.3) is 0 Å². The van der Waals surface area contributed by atoms with Crippen LogP contribution in [0.4, 0.5) is 4.70 Å². The molecule has 3 radical (unpaired) electrons. The predicted octanol–water partition coefficient (Wildman–Crippen LogP) is -0.998. The van der Waals surface area contributed by atoms with Crippen molar-refractivity contribution in [2.45, 2.75) is 0 Å². The van der Waals surface area contributed by atoms with Crippen LogP contribution in [-0.4, -0.2) is 19.4 Å². The van der Waals surface area contributed by atoms with E-state index in [9.17, 15) is 0 Å². The molecule has 0 aromatic rings. The molecule has 2 nitrogen and oxygen atoms in total. The standard InChI is InChI=1S/C2N2S.B.FH.H4Si/c3-1-5-2-4;;;/h;;1H;1H4. The smallest absolute Gasteiger partial charge is 0.149 e. The zero-order chi connectivity index (χ0) is 4.12. The van der Waals surface area contributed by atoms with Crippen LogP contribution in [-0.2, 0) is 0 Å². The van der Waals surface area contributed by atoms with Gasteiger partial charge in [-0.05, 0) is 11.0 Å². The molecule has 6 heteroatoms. The Labute approximate surface area is 57.8 Å². The second-order valence-corrected chi connectivity index (χ2v) is 0.854. The van der Waals surface area contributed by atoms with Gasteiger partial charge in [0, 0.05) is 8.41 Å². The quantitative estimate of drug-likeness (QED) is 0.326. The van der Waals surface area contributed by atoms with Crippen molar-refractivity contribution in [3.05, 3.63) is 0 Å². The second kappa shape index (κ2) is 31.1. The number of thiocyanates is 2. The Morgan fingerprint density at radius 1 is 1.12 bits per heavy atom. The van der Waals surface area contributed by atoms with Crippen molar-refractivity contribution in [1.29, 1.82) is 10.5 Å². The number of halogens is 1. The van der Waals surface area contributed by atoms with E-state index in [4.69, 9.17) is 10.5 Å². The molecule has 0 unspecified atom stereocenters. The Bertz CT molecular complexity index is 85.2. The minimum atomic E-state index is 0. The van der Waals surface area contributed by atoms with Crippen molar-refractivity contribution in [2.75, 3.05) is 0 Å². The zero-order valence-corrected chi connectivity index (χ0v) is 4.10. The average molecular weight is 147 g/mol. The first kappa shape index (κ1) is 25.7. The van der Waals surface area contributed by atoms with Gasteiger partial charge in [-0.2, -0.15) is 10.5 Å². The highest BCUT2D eigenvalue weighted by Crippen LogP contribution is 1.85. The van der Waals surface area contributed by atoms with E-state index in [0.29, 0.717) is 11.8 Å². The van der Waals surface area contributed by atoms with Gasteiger partial charge in [0.1, 0.15) is 10.8 Å². The van der Waals surface area contributed by atoms with Gasteiger partial charge in [-0.25, -0.2) is 0 Å². The molecule has 0 aromatic heterocycles. The highest BCUT2D eigenvalue weighted by atomic mass is 32.2. The van der Waals surface area contributed by atoms with Crippen molar-refractivity contribution in [3.63, 3.8) is 0 Å². The fraction of sp³-hybridized carbons (Fsp3) is 0. The summed E-state index contributed by atoms with van der Waals surface area (Å²) >= 11 is 0.574. The summed E-state index contributed by atoms with van der Waals surface area (Å²) in [5.74, 6) is 0. The molecule has 0 fully saturated rings. The topological polar surface area (TPSA) is 47.6 Å². The first-order valence-corrected chi connectivity index (χ1v) is 1.67. The molecule has 0 atom stereocenters. The van der Waals surface area contributed by atoms with Crippen LogP contribution in [0.5, 0.6) is 0 Å². The van der Waals surface area contributed by atoms with Crippen molar-refractivity contribution < 1.29 is 4.70 Å². The Hall–Kier alpha value is -0.458. The van der Waals surface area contributed by atoms with Gasteiger partial charge in [-0.15, -0.1) is 0 Å². The number of thioether (sulfide) groups is 1. The number of rotatable bonds is 0. The van der Waals surface area contributed by atoms with Gasteiger partial charge < -0.3 is 0 Å². The first-order chi connectivity index (χ1) is 2.41.